The predicted octanol–water partition coefficient (Wildman–Crippen LogP) is 2.82. The smallest absolute Gasteiger partial charge is 0.263 e. The van der Waals surface area contributed by atoms with Crippen LogP contribution in [0.4, 0.5) is 19.0 Å². The number of nitrogens with zero attached hydrogens (tertiary/aromatic N) is 3. The number of benzene rings is 1. The normalized spacial score (nSPS) is 23.1. The van der Waals surface area contributed by atoms with E-state index in [9.17, 15) is 27.6 Å². The van der Waals surface area contributed by atoms with E-state index in [1.807, 2.05) is 0 Å². The van der Waals surface area contributed by atoms with E-state index in [-0.39, 0.29) is 35.8 Å². The number of halogens is 4. The van der Waals surface area contributed by atoms with Crippen LogP contribution in [0.5, 0.6) is 0 Å². The third kappa shape index (κ3) is 3.68. The number of piperazine rings is 1. The van der Waals surface area contributed by atoms with Gasteiger partial charge < -0.3 is 10.6 Å². The number of anilines is 1. The molecule has 1 aromatic heterocycles. The zero-order valence-corrected chi connectivity index (χ0v) is 17.4. The molecule has 168 valence electrons. The van der Waals surface area contributed by atoms with Crippen LogP contribution in [0.2, 0.25) is 5.02 Å². The van der Waals surface area contributed by atoms with E-state index in [4.69, 9.17) is 17.3 Å². The molecule has 2 heterocycles. The topological polar surface area (TPSA) is 96.6 Å². The Morgan fingerprint density at radius 2 is 1.91 bits per heavy atom. The molecule has 1 aliphatic carbocycles. The number of pyridine rings is 1. The fraction of sp³-hybridized carbons (Fsp3) is 0.333. The lowest BCUT2D eigenvalue weighted by atomic mass is 9.65. The van der Waals surface area contributed by atoms with Gasteiger partial charge in [-0.15, -0.1) is 0 Å². The van der Waals surface area contributed by atoms with Gasteiger partial charge in [-0.2, -0.15) is 0 Å². The summed E-state index contributed by atoms with van der Waals surface area (Å²) in [7, 11) is 0. The summed E-state index contributed by atoms with van der Waals surface area (Å²) in [6.07, 6.45) is -1.51. The van der Waals surface area contributed by atoms with Crippen LogP contribution < -0.4 is 10.6 Å². The highest BCUT2D eigenvalue weighted by Crippen LogP contribution is 2.47. The van der Waals surface area contributed by atoms with E-state index in [1.165, 1.54) is 29.2 Å². The van der Waals surface area contributed by atoms with Gasteiger partial charge in [0.15, 0.2) is 11.6 Å². The Labute approximate surface area is 185 Å². The molecule has 4 rings (SSSR count). The summed E-state index contributed by atoms with van der Waals surface area (Å²) in [4.78, 5) is 44.3. The first-order chi connectivity index (χ1) is 15.1. The quantitative estimate of drug-likeness (QED) is 0.732. The van der Waals surface area contributed by atoms with Crippen molar-refractivity contribution in [2.45, 2.75) is 31.4 Å². The second kappa shape index (κ2) is 8.09. The first-order valence-corrected chi connectivity index (χ1v) is 10.1. The Bertz CT molecular complexity index is 1090. The highest BCUT2D eigenvalue weighted by Gasteiger charge is 2.61. The van der Waals surface area contributed by atoms with E-state index in [2.05, 4.69) is 4.98 Å². The van der Waals surface area contributed by atoms with Gasteiger partial charge >= 0.3 is 0 Å². The standard InChI is InChI=1S/C21H18ClF3N4O3/c22-14-5-15(23)19(27-8-14)28-10-16(30)29(9-11-1-3-12(4-2-11)17(24)25)21(20(28)32)6-13(7-21)18(26)31/h1-5,8,13,17H,6-7,9-10H2,(H2,26,31). The molecule has 1 saturated carbocycles. The SMILES string of the molecule is NC(=O)C1CC2(C1)C(=O)N(c1ncc(Cl)cc1F)CC(=O)N2Cc1ccc(C(F)F)cc1. The Kier molecular flexibility index (Phi) is 5.58. The number of carbonyl (C=O) groups excluding carboxylic acids is 3. The Balaban J connectivity index is 1.67. The number of primary amides is 1. The maximum Gasteiger partial charge on any atom is 0.263 e. The molecular weight excluding hydrogens is 449 g/mol. The zero-order valence-electron chi connectivity index (χ0n) is 16.6. The van der Waals surface area contributed by atoms with Crippen molar-refractivity contribution in [2.75, 3.05) is 11.4 Å². The predicted molar refractivity (Wildman–Crippen MR) is 108 cm³/mol. The first kappa shape index (κ1) is 22.1. The minimum atomic E-state index is -2.63. The second-order valence-corrected chi connectivity index (χ2v) is 8.35. The van der Waals surface area contributed by atoms with Gasteiger partial charge in [0.2, 0.25) is 11.8 Å². The van der Waals surface area contributed by atoms with E-state index < -0.39 is 48.0 Å². The van der Waals surface area contributed by atoms with Crippen LogP contribution in [0.3, 0.4) is 0 Å². The molecule has 1 spiro atoms. The maximum absolute atomic E-state index is 14.5. The van der Waals surface area contributed by atoms with E-state index in [0.717, 1.165) is 17.2 Å². The zero-order chi connectivity index (χ0) is 23.2. The minimum Gasteiger partial charge on any atom is -0.369 e. The van der Waals surface area contributed by atoms with Crippen LogP contribution >= 0.6 is 11.6 Å². The minimum absolute atomic E-state index is 0.0201. The summed E-state index contributed by atoms with van der Waals surface area (Å²) in [5.74, 6) is -3.52. The highest BCUT2D eigenvalue weighted by atomic mass is 35.5. The highest BCUT2D eigenvalue weighted by molar-refractivity contribution is 6.30. The van der Waals surface area contributed by atoms with Crippen molar-refractivity contribution in [1.82, 2.24) is 9.88 Å². The number of alkyl halides is 2. The number of aromatic nitrogens is 1. The molecule has 0 radical (unpaired) electrons. The van der Waals surface area contributed by atoms with Gasteiger partial charge in [0.1, 0.15) is 12.1 Å². The molecule has 2 N–H and O–H groups in total. The van der Waals surface area contributed by atoms with Gasteiger partial charge in [-0.05, 0) is 24.5 Å². The third-order valence-electron chi connectivity index (χ3n) is 5.94. The van der Waals surface area contributed by atoms with E-state index >= 15 is 0 Å². The van der Waals surface area contributed by atoms with Crippen molar-refractivity contribution < 1.29 is 27.6 Å². The molecule has 0 atom stereocenters. The summed E-state index contributed by atoms with van der Waals surface area (Å²) < 4.78 is 40.1. The number of hydrogen-bond acceptors (Lipinski definition) is 4. The molecule has 1 aromatic carbocycles. The van der Waals surface area contributed by atoms with Crippen LogP contribution in [0.1, 0.15) is 30.4 Å². The molecule has 1 aliphatic heterocycles. The van der Waals surface area contributed by atoms with Crippen molar-refractivity contribution in [3.63, 3.8) is 0 Å². The van der Waals surface area contributed by atoms with Gasteiger partial charge in [-0.1, -0.05) is 35.9 Å². The van der Waals surface area contributed by atoms with Gasteiger partial charge in [0.25, 0.3) is 12.3 Å². The summed E-state index contributed by atoms with van der Waals surface area (Å²) in [5, 5.41) is 0.0306. The van der Waals surface area contributed by atoms with Crippen LogP contribution in [0, 0.1) is 11.7 Å². The molecule has 2 fully saturated rings. The molecule has 3 amide bonds. The fourth-order valence-corrected chi connectivity index (χ4v) is 4.36. The molecule has 2 aliphatic rings. The molecule has 0 unspecified atom stereocenters. The fourth-order valence-electron chi connectivity index (χ4n) is 4.22. The van der Waals surface area contributed by atoms with E-state index in [0.29, 0.717) is 5.56 Å². The number of carbonyl (C=O) groups is 3. The van der Waals surface area contributed by atoms with Crippen molar-refractivity contribution in [3.05, 3.63) is 58.5 Å². The van der Waals surface area contributed by atoms with Crippen molar-refractivity contribution in [1.29, 1.82) is 0 Å². The Hall–Kier alpha value is -3.14. The molecule has 1 saturated heterocycles. The van der Waals surface area contributed by atoms with Gasteiger partial charge in [-0.3, -0.25) is 19.3 Å². The summed E-state index contributed by atoms with van der Waals surface area (Å²) in [6.45, 7) is -0.508. The molecule has 7 nitrogen and oxygen atoms in total. The number of hydrogen-bond donors (Lipinski definition) is 1. The largest absolute Gasteiger partial charge is 0.369 e. The molecular formula is C21H18ClF3N4O3. The lowest BCUT2D eigenvalue weighted by Gasteiger charge is -2.56. The van der Waals surface area contributed by atoms with E-state index in [1.54, 1.807) is 0 Å². The van der Waals surface area contributed by atoms with Crippen molar-refractivity contribution in [2.24, 2.45) is 11.7 Å². The lowest BCUT2D eigenvalue weighted by Crippen LogP contribution is -2.73. The summed E-state index contributed by atoms with van der Waals surface area (Å²) >= 11 is 5.73. The van der Waals surface area contributed by atoms with Crippen LogP contribution in [0.25, 0.3) is 0 Å². The van der Waals surface area contributed by atoms with Crippen molar-refractivity contribution >= 4 is 35.1 Å². The molecule has 32 heavy (non-hydrogen) atoms. The average molecular weight is 467 g/mol. The number of amides is 3. The monoisotopic (exact) mass is 466 g/mol. The van der Waals surface area contributed by atoms with Gasteiger partial charge in [0, 0.05) is 24.2 Å². The maximum atomic E-state index is 14.5. The molecule has 0 bridgehead atoms. The van der Waals surface area contributed by atoms with Gasteiger partial charge in [0.05, 0.1) is 5.02 Å². The summed E-state index contributed by atoms with van der Waals surface area (Å²) in [6, 6.07) is 6.37. The van der Waals surface area contributed by atoms with Crippen molar-refractivity contribution in [3.8, 4) is 0 Å². The second-order valence-electron chi connectivity index (χ2n) is 7.91. The van der Waals surface area contributed by atoms with Crippen LogP contribution in [-0.4, -0.2) is 39.7 Å². The van der Waals surface area contributed by atoms with Crippen LogP contribution in [0.15, 0.2) is 36.5 Å². The third-order valence-corrected chi connectivity index (χ3v) is 6.15. The molecule has 11 heteroatoms. The first-order valence-electron chi connectivity index (χ1n) is 9.72. The Morgan fingerprint density at radius 1 is 1.25 bits per heavy atom. The summed E-state index contributed by atoms with van der Waals surface area (Å²) in [5.41, 5.74) is 4.32. The Morgan fingerprint density at radius 3 is 2.47 bits per heavy atom. The number of rotatable bonds is 5. The average Bonchev–Trinajstić information content (AvgIpc) is 2.70. The number of nitrogens with two attached hydrogens (primary N) is 1. The van der Waals surface area contributed by atoms with Crippen LogP contribution in [-0.2, 0) is 20.9 Å². The lowest BCUT2D eigenvalue weighted by molar-refractivity contribution is -0.164. The van der Waals surface area contributed by atoms with Gasteiger partial charge in [-0.25, -0.2) is 18.2 Å². The molecule has 2 aromatic rings.